The summed E-state index contributed by atoms with van der Waals surface area (Å²) in [6.45, 7) is 1.69. The van der Waals surface area contributed by atoms with Gasteiger partial charge in [-0.1, -0.05) is 24.3 Å². The Morgan fingerprint density at radius 3 is 2.30 bits per heavy atom. The molecule has 3 N–H and O–H groups in total. The van der Waals surface area contributed by atoms with E-state index in [1.807, 2.05) is 0 Å². The maximum atomic E-state index is 14.3. The number of aliphatic carboxylic acids is 1. The van der Waals surface area contributed by atoms with E-state index in [4.69, 9.17) is 10.8 Å². The van der Waals surface area contributed by atoms with E-state index >= 15 is 0 Å². The molecule has 0 aliphatic heterocycles. The Morgan fingerprint density at radius 1 is 1.09 bits per heavy atom. The molecule has 0 unspecified atom stereocenters. The third-order valence-corrected chi connectivity index (χ3v) is 3.30. The first-order chi connectivity index (χ1) is 10.8. The summed E-state index contributed by atoms with van der Waals surface area (Å²) in [5.41, 5.74) is 5.57. The Balaban J connectivity index is 2.58. The molecule has 2 amide bonds. The number of nitrogens with zero attached hydrogens (tertiary/aromatic N) is 1. The number of anilines is 2. The minimum absolute atomic E-state index is 0.310. The van der Waals surface area contributed by atoms with Crippen LogP contribution in [0.2, 0.25) is 0 Å². The van der Waals surface area contributed by atoms with Gasteiger partial charge in [-0.2, -0.15) is 0 Å². The van der Waals surface area contributed by atoms with Gasteiger partial charge in [0, 0.05) is 5.56 Å². The molecule has 0 saturated carbocycles. The molecule has 0 aliphatic carbocycles. The fourth-order valence-corrected chi connectivity index (χ4v) is 2.23. The molecule has 0 saturated heterocycles. The van der Waals surface area contributed by atoms with Crippen molar-refractivity contribution in [2.45, 2.75) is 13.3 Å². The van der Waals surface area contributed by atoms with Crippen molar-refractivity contribution in [1.29, 1.82) is 0 Å². The van der Waals surface area contributed by atoms with E-state index in [1.165, 1.54) is 0 Å². The van der Waals surface area contributed by atoms with Crippen LogP contribution >= 0.6 is 0 Å². The quantitative estimate of drug-likeness (QED) is 0.908. The Kier molecular flexibility index (Phi) is 4.59. The second-order valence-electron chi connectivity index (χ2n) is 4.90. The summed E-state index contributed by atoms with van der Waals surface area (Å²) in [5.74, 6) is -3.93. The molecule has 0 radical (unpaired) electrons. The molecule has 7 heteroatoms. The van der Waals surface area contributed by atoms with Crippen LogP contribution in [0.1, 0.15) is 11.1 Å². The molecule has 120 valence electrons. The Labute approximate surface area is 130 Å². The fraction of sp³-hybridized carbons (Fsp3) is 0.125. The smallest absolute Gasteiger partial charge is 0.323 e. The Bertz CT molecular complexity index is 778. The van der Waals surface area contributed by atoms with Gasteiger partial charge in [-0.3, -0.25) is 9.69 Å². The first-order valence-electron chi connectivity index (χ1n) is 6.66. The first kappa shape index (κ1) is 16.4. The predicted molar refractivity (Wildman–Crippen MR) is 80.6 cm³/mol. The van der Waals surface area contributed by atoms with Crippen LogP contribution in [0.5, 0.6) is 0 Å². The minimum Gasteiger partial charge on any atom is -0.481 e. The molecule has 5 nitrogen and oxygen atoms in total. The monoisotopic (exact) mass is 320 g/mol. The molecular formula is C16H14F2N2O3. The number of carbonyl (C=O) groups is 2. The van der Waals surface area contributed by atoms with Gasteiger partial charge < -0.3 is 10.8 Å². The zero-order chi connectivity index (χ0) is 17.1. The predicted octanol–water partition coefficient (Wildman–Crippen LogP) is 3.12. The second-order valence-corrected chi connectivity index (χ2v) is 4.90. The van der Waals surface area contributed by atoms with Gasteiger partial charge in [0.1, 0.15) is 0 Å². The lowest BCUT2D eigenvalue weighted by atomic mass is 10.1. The fourth-order valence-electron chi connectivity index (χ4n) is 2.23. The van der Waals surface area contributed by atoms with Crippen LogP contribution in [0.3, 0.4) is 0 Å². The van der Waals surface area contributed by atoms with Crippen LogP contribution in [-0.2, 0) is 11.2 Å². The molecule has 2 aromatic carbocycles. The van der Waals surface area contributed by atoms with Crippen LogP contribution < -0.4 is 10.6 Å². The van der Waals surface area contributed by atoms with Crippen LogP contribution in [-0.4, -0.2) is 17.1 Å². The number of carboxylic acid groups (broad SMARTS) is 1. The highest BCUT2D eigenvalue weighted by Crippen LogP contribution is 2.32. The third-order valence-electron chi connectivity index (χ3n) is 3.30. The number of rotatable bonds is 4. The number of amides is 2. The second kappa shape index (κ2) is 6.43. The molecular weight excluding hydrogens is 306 g/mol. The number of halogens is 2. The normalized spacial score (nSPS) is 10.4. The number of hydrogen-bond donors (Lipinski definition) is 2. The van der Waals surface area contributed by atoms with Crippen LogP contribution in [0.4, 0.5) is 25.0 Å². The summed E-state index contributed by atoms with van der Waals surface area (Å²) >= 11 is 0. The molecule has 0 aliphatic rings. The van der Waals surface area contributed by atoms with E-state index in [9.17, 15) is 18.4 Å². The number of aryl methyl sites for hydroxylation is 1. The summed E-state index contributed by atoms with van der Waals surface area (Å²) in [4.78, 5) is 23.2. The molecule has 0 fully saturated rings. The van der Waals surface area contributed by atoms with Crippen molar-refractivity contribution >= 4 is 23.4 Å². The Hall–Kier alpha value is -2.96. The molecule has 0 spiro atoms. The summed E-state index contributed by atoms with van der Waals surface area (Å²) < 4.78 is 28.4. The van der Waals surface area contributed by atoms with Gasteiger partial charge in [-0.15, -0.1) is 0 Å². The highest BCUT2D eigenvalue weighted by atomic mass is 19.2. The minimum atomic E-state index is -1.33. The molecule has 23 heavy (non-hydrogen) atoms. The number of carboxylic acids is 1. The highest BCUT2D eigenvalue weighted by Gasteiger charge is 2.24. The number of urea groups is 1. The van der Waals surface area contributed by atoms with Crippen LogP contribution in [0.25, 0.3) is 0 Å². The molecule has 0 atom stereocenters. The average molecular weight is 320 g/mol. The van der Waals surface area contributed by atoms with Crippen LogP contribution in [0, 0.1) is 18.6 Å². The van der Waals surface area contributed by atoms with Gasteiger partial charge in [0.25, 0.3) is 0 Å². The maximum Gasteiger partial charge on any atom is 0.323 e. The molecule has 2 aromatic rings. The van der Waals surface area contributed by atoms with E-state index in [-0.39, 0.29) is 11.3 Å². The Morgan fingerprint density at radius 2 is 1.74 bits per heavy atom. The van der Waals surface area contributed by atoms with E-state index in [1.54, 1.807) is 31.2 Å². The molecule has 0 aromatic heterocycles. The first-order valence-corrected chi connectivity index (χ1v) is 6.66. The average Bonchev–Trinajstić information content (AvgIpc) is 2.48. The van der Waals surface area contributed by atoms with E-state index in [2.05, 4.69) is 0 Å². The molecule has 0 heterocycles. The SMILES string of the molecule is Cc1ccccc1N(C(N)=O)c1ccc(CC(=O)O)c(F)c1F. The number of hydrogen-bond acceptors (Lipinski definition) is 2. The van der Waals surface area contributed by atoms with E-state index in [0.717, 1.165) is 17.0 Å². The highest BCUT2D eigenvalue weighted by molar-refractivity contribution is 5.99. The number of nitrogens with two attached hydrogens (primary N) is 1. The number of primary amides is 1. The molecule has 0 bridgehead atoms. The van der Waals surface area contributed by atoms with E-state index in [0.29, 0.717) is 11.3 Å². The largest absolute Gasteiger partial charge is 0.481 e. The van der Waals surface area contributed by atoms with Crippen molar-refractivity contribution in [2.24, 2.45) is 5.73 Å². The number of carbonyl (C=O) groups excluding carboxylic acids is 1. The maximum absolute atomic E-state index is 14.3. The topological polar surface area (TPSA) is 83.6 Å². The van der Waals surface area contributed by atoms with Gasteiger partial charge in [-0.25, -0.2) is 13.6 Å². The van der Waals surface area contributed by atoms with Crippen molar-refractivity contribution in [2.75, 3.05) is 4.90 Å². The summed E-state index contributed by atoms with van der Waals surface area (Å²) in [6.07, 6.45) is -0.663. The summed E-state index contributed by atoms with van der Waals surface area (Å²) in [6, 6.07) is 7.87. The van der Waals surface area contributed by atoms with Gasteiger partial charge in [0.15, 0.2) is 11.6 Å². The van der Waals surface area contributed by atoms with Crippen molar-refractivity contribution in [3.8, 4) is 0 Å². The van der Waals surface area contributed by atoms with Gasteiger partial charge in [-0.05, 0) is 24.6 Å². The van der Waals surface area contributed by atoms with Crippen molar-refractivity contribution in [3.63, 3.8) is 0 Å². The van der Waals surface area contributed by atoms with Gasteiger partial charge >= 0.3 is 12.0 Å². The zero-order valence-electron chi connectivity index (χ0n) is 12.2. The summed E-state index contributed by atoms with van der Waals surface area (Å²) in [7, 11) is 0. The van der Waals surface area contributed by atoms with Crippen LogP contribution in [0.15, 0.2) is 36.4 Å². The third kappa shape index (κ3) is 3.28. The lowest BCUT2D eigenvalue weighted by Crippen LogP contribution is -2.33. The van der Waals surface area contributed by atoms with E-state index < -0.39 is 30.1 Å². The lowest BCUT2D eigenvalue weighted by Gasteiger charge is -2.23. The number of benzene rings is 2. The van der Waals surface area contributed by atoms with Crippen molar-refractivity contribution in [1.82, 2.24) is 0 Å². The van der Waals surface area contributed by atoms with Gasteiger partial charge in [0.05, 0.1) is 17.8 Å². The van der Waals surface area contributed by atoms with Crippen molar-refractivity contribution < 1.29 is 23.5 Å². The van der Waals surface area contributed by atoms with Gasteiger partial charge in [0.2, 0.25) is 0 Å². The lowest BCUT2D eigenvalue weighted by molar-refractivity contribution is -0.136. The summed E-state index contributed by atoms with van der Waals surface area (Å²) in [5, 5.41) is 8.69. The standard InChI is InChI=1S/C16H14F2N2O3/c1-9-4-2-3-5-11(9)20(16(19)23)12-7-6-10(8-13(21)22)14(17)15(12)18/h2-7H,8H2,1H3,(H2,19,23)(H,21,22). The van der Waals surface area contributed by atoms with Crippen molar-refractivity contribution in [3.05, 3.63) is 59.2 Å². The zero-order valence-corrected chi connectivity index (χ0v) is 12.2. The number of para-hydroxylation sites is 1. The molecule has 2 rings (SSSR count).